The number of hydrogen-bond donors (Lipinski definition) is 1. The van der Waals surface area contributed by atoms with Gasteiger partial charge in [0.1, 0.15) is 0 Å². The maximum atomic E-state index is 13.9. The lowest BCUT2D eigenvalue weighted by Gasteiger charge is -2.26. The van der Waals surface area contributed by atoms with Crippen molar-refractivity contribution in [3.63, 3.8) is 0 Å². The maximum absolute atomic E-state index is 13.9. The third-order valence-corrected chi connectivity index (χ3v) is 3.77. The number of hydrogen-bond acceptors (Lipinski definition) is 2. The Morgan fingerprint density at radius 2 is 2.16 bits per heavy atom. The minimum Gasteiger partial charge on any atom is -0.374 e. The molecule has 0 spiro atoms. The van der Waals surface area contributed by atoms with Gasteiger partial charge in [-0.25, -0.2) is 4.39 Å². The van der Waals surface area contributed by atoms with Crippen molar-refractivity contribution in [2.45, 2.75) is 25.3 Å². The molecular weight excluding hydrogens is 263 g/mol. The molecule has 1 heterocycles. The van der Waals surface area contributed by atoms with Crippen molar-refractivity contribution < 1.29 is 4.39 Å². The fourth-order valence-corrected chi connectivity index (χ4v) is 2.73. The predicted octanol–water partition coefficient (Wildman–Crippen LogP) is 4.36. The van der Waals surface area contributed by atoms with Gasteiger partial charge in [-0.15, -0.1) is 0 Å². The van der Waals surface area contributed by atoms with Crippen LogP contribution in [0.4, 0.5) is 10.1 Å². The first kappa shape index (κ1) is 12.4. The van der Waals surface area contributed by atoms with Crippen molar-refractivity contribution in [1.82, 2.24) is 4.98 Å². The zero-order chi connectivity index (χ0) is 13.2. The van der Waals surface area contributed by atoms with Crippen molar-refractivity contribution >= 4 is 17.3 Å². The number of aryl methyl sites for hydroxylation is 1. The van der Waals surface area contributed by atoms with E-state index in [0.717, 1.165) is 25.0 Å². The molecule has 98 valence electrons. The highest BCUT2D eigenvalue weighted by Gasteiger charge is 2.22. The summed E-state index contributed by atoms with van der Waals surface area (Å²) in [5, 5.41) is 3.37. The van der Waals surface area contributed by atoms with Gasteiger partial charge in [-0.3, -0.25) is 4.98 Å². The molecule has 19 heavy (non-hydrogen) atoms. The summed E-state index contributed by atoms with van der Waals surface area (Å²) in [5.74, 6) is -0.396. The van der Waals surface area contributed by atoms with Crippen molar-refractivity contribution in [3.05, 3.63) is 58.6 Å². The quantitative estimate of drug-likeness (QED) is 0.881. The molecular formula is C15H14ClFN2. The first-order chi connectivity index (χ1) is 9.25. The second kappa shape index (κ2) is 5.17. The zero-order valence-electron chi connectivity index (χ0n) is 10.4. The van der Waals surface area contributed by atoms with Crippen LogP contribution in [-0.2, 0) is 6.42 Å². The molecule has 0 amide bonds. The Balaban J connectivity index is 1.91. The van der Waals surface area contributed by atoms with E-state index in [0.29, 0.717) is 5.69 Å². The van der Waals surface area contributed by atoms with Crippen LogP contribution in [0.1, 0.15) is 30.1 Å². The van der Waals surface area contributed by atoms with Crippen LogP contribution in [0.2, 0.25) is 5.02 Å². The molecule has 0 fully saturated rings. The van der Waals surface area contributed by atoms with E-state index in [1.807, 2.05) is 6.07 Å². The minimum absolute atomic E-state index is 0.0536. The summed E-state index contributed by atoms with van der Waals surface area (Å²) in [6.07, 6.45) is 4.86. The Labute approximate surface area is 116 Å². The van der Waals surface area contributed by atoms with E-state index < -0.39 is 5.82 Å². The Morgan fingerprint density at radius 3 is 3.05 bits per heavy atom. The monoisotopic (exact) mass is 276 g/mol. The Bertz CT molecular complexity index is 600. The molecule has 1 atom stereocenters. The Hall–Kier alpha value is -1.61. The molecule has 1 N–H and O–H groups in total. The van der Waals surface area contributed by atoms with Gasteiger partial charge in [0.15, 0.2) is 5.82 Å². The summed E-state index contributed by atoms with van der Waals surface area (Å²) in [6.45, 7) is 0. The number of aromatic nitrogens is 1. The lowest BCUT2D eigenvalue weighted by Crippen LogP contribution is -2.19. The molecule has 0 bridgehead atoms. The molecule has 1 aliphatic carbocycles. The zero-order valence-corrected chi connectivity index (χ0v) is 11.1. The van der Waals surface area contributed by atoms with Gasteiger partial charge in [0.2, 0.25) is 0 Å². The smallest absolute Gasteiger partial charge is 0.164 e. The van der Waals surface area contributed by atoms with Crippen molar-refractivity contribution in [3.8, 4) is 0 Å². The highest BCUT2D eigenvalue weighted by molar-refractivity contribution is 6.31. The van der Waals surface area contributed by atoms with Crippen molar-refractivity contribution in [2.24, 2.45) is 0 Å². The van der Waals surface area contributed by atoms with Gasteiger partial charge in [-0.05, 0) is 43.0 Å². The van der Waals surface area contributed by atoms with Crippen LogP contribution in [0.5, 0.6) is 0 Å². The van der Waals surface area contributed by atoms with Gasteiger partial charge in [-0.2, -0.15) is 0 Å². The molecule has 1 unspecified atom stereocenters. The van der Waals surface area contributed by atoms with Crippen LogP contribution in [0.15, 0.2) is 36.5 Å². The van der Waals surface area contributed by atoms with E-state index in [2.05, 4.69) is 16.4 Å². The second-order valence-electron chi connectivity index (χ2n) is 4.74. The molecule has 3 rings (SSSR count). The number of anilines is 1. The fraction of sp³-hybridized carbons (Fsp3) is 0.267. The summed E-state index contributed by atoms with van der Waals surface area (Å²) in [7, 11) is 0. The van der Waals surface area contributed by atoms with E-state index in [9.17, 15) is 4.39 Å². The third-order valence-electron chi connectivity index (χ3n) is 3.48. The normalized spacial score (nSPS) is 17.9. The number of nitrogens with one attached hydrogen (secondary N) is 1. The number of benzene rings is 1. The van der Waals surface area contributed by atoms with Crippen molar-refractivity contribution in [2.75, 3.05) is 5.32 Å². The maximum Gasteiger partial charge on any atom is 0.164 e. The summed E-state index contributed by atoms with van der Waals surface area (Å²) in [6, 6.07) is 9.09. The van der Waals surface area contributed by atoms with Gasteiger partial charge < -0.3 is 5.32 Å². The molecule has 0 saturated carbocycles. The number of pyridine rings is 1. The molecule has 0 radical (unpaired) electrons. The average Bonchev–Trinajstić information content (AvgIpc) is 2.44. The molecule has 2 nitrogen and oxygen atoms in total. The fourth-order valence-electron chi connectivity index (χ4n) is 2.55. The average molecular weight is 277 g/mol. The lowest BCUT2D eigenvalue weighted by atomic mass is 9.92. The molecule has 0 aliphatic heterocycles. The first-order valence-electron chi connectivity index (χ1n) is 6.40. The molecule has 1 aliphatic rings. The summed E-state index contributed by atoms with van der Waals surface area (Å²) < 4.78 is 13.9. The number of rotatable bonds is 2. The van der Waals surface area contributed by atoms with Crippen LogP contribution in [0.25, 0.3) is 0 Å². The van der Waals surface area contributed by atoms with E-state index in [-0.39, 0.29) is 11.1 Å². The topological polar surface area (TPSA) is 24.9 Å². The second-order valence-corrected chi connectivity index (χ2v) is 5.15. The van der Waals surface area contributed by atoms with E-state index in [1.165, 1.54) is 5.56 Å². The Kier molecular flexibility index (Phi) is 3.38. The van der Waals surface area contributed by atoms with Crippen LogP contribution >= 0.6 is 11.6 Å². The molecule has 4 heteroatoms. The van der Waals surface area contributed by atoms with Gasteiger partial charge in [0.25, 0.3) is 0 Å². The number of fused-ring (bicyclic) bond motifs is 1. The van der Waals surface area contributed by atoms with Crippen LogP contribution in [0.3, 0.4) is 0 Å². The SMILES string of the molecule is Fc1c(Cl)cccc1NC1CCCc2cccnc21. The molecule has 2 aromatic rings. The highest BCUT2D eigenvalue weighted by atomic mass is 35.5. The standard InChI is InChI=1S/C15H14ClFN2/c16-11-6-2-7-12(14(11)17)19-13-8-1-4-10-5-3-9-18-15(10)13/h2-3,5-7,9,13,19H,1,4,8H2. The predicted molar refractivity (Wildman–Crippen MR) is 74.9 cm³/mol. The summed E-state index contributed by atoms with van der Waals surface area (Å²) in [5.41, 5.74) is 2.71. The van der Waals surface area contributed by atoms with Gasteiger partial charge >= 0.3 is 0 Å². The van der Waals surface area contributed by atoms with Crippen molar-refractivity contribution in [1.29, 1.82) is 0 Å². The van der Waals surface area contributed by atoms with E-state index in [1.54, 1.807) is 24.4 Å². The van der Waals surface area contributed by atoms with Crippen LogP contribution in [0, 0.1) is 5.82 Å². The van der Waals surface area contributed by atoms with E-state index in [4.69, 9.17) is 11.6 Å². The molecule has 0 saturated heterocycles. The first-order valence-corrected chi connectivity index (χ1v) is 6.78. The molecule has 1 aromatic carbocycles. The van der Waals surface area contributed by atoms with E-state index >= 15 is 0 Å². The third kappa shape index (κ3) is 2.43. The minimum atomic E-state index is -0.396. The largest absolute Gasteiger partial charge is 0.374 e. The lowest BCUT2D eigenvalue weighted by molar-refractivity contribution is 0.573. The van der Waals surface area contributed by atoms with Crippen LogP contribution < -0.4 is 5.32 Å². The van der Waals surface area contributed by atoms with Gasteiger partial charge in [0.05, 0.1) is 22.4 Å². The summed E-state index contributed by atoms with van der Waals surface area (Å²) >= 11 is 5.80. The Morgan fingerprint density at radius 1 is 1.26 bits per heavy atom. The summed E-state index contributed by atoms with van der Waals surface area (Å²) in [4.78, 5) is 4.43. The van der Waals surface area contributed by atoms with Crippen LogP contribution in [-0.4, -0.2) is 4.98 Å². The van der Waals surface area contributed by atoms with Gasteiger partial charge in [0, 0.05) is 6.20 Å². The highest BCUT2D eigenvalue weighted by Crippen LogP contribution is 2.32. The number of nitrogens with zero attached hydrogens (tertiary/aromatic N) is 1. The molecule has 1 aromatic heterocycles. The number of halogens is 2. The van der Waals surface area contributed by atoms with Gasteiger partial charge in [-0.1, -0.05) is 23.7 Å².